The van der Waals surface area contributed by atoms with Crippen LogP contribution in [0.25, 0.3) is 17.4 Å². The topological polar surface area (TPSA) is 48.0 Å². The van der Waals surface area contributed by atoms with E-state index >= 15 is 0 Å². The molecule has 0 atom stereocenters. The Hall–Kier alpha value is -2.59. The Morgan fingerprint density at radius 3 is 2.82 bits per heavy atom. The average molecular weight is 313 g/mol. The van der Waals surface area contributed by atoms with E-state index in [4.69, 9.17) is 16.0 Å². The van der Waals surface area contributed by atoms with Crippen molar-refractivity contribution in [3.05, 3.63) is 71.2 Å². The Kier molecular flexibility index (Phi) is 3.94. The van der Waals surface area contributed by atoms with Crippen molar-refractivity contribution in [1.29, 1.82) is 0 Å². The summed E-state index contributed by atoms with van der Waals surface area (Å²) >= 11 is 6.14. The maximum atomic E-state index is 12.0. The van der Waals surface area contributed by atoms with Gasteiger partial charge in [0.15, 0.2) is 5.78 Å². The summed E-state index contributed by atoms with van der Waals surface area (Å²) in [6.45, 7) is 0. The first-order valence-electron chi connectivity index (χ1n) is 6.69. The third kappa shape index (κ3) is 3.02. The second-order valence-corrected chi connectivity index (χ2v) is 5.19. The standard InChI is InChI=1S/C17H13ClN2O2/c1-20-11-12(10-19-20)16(21)8-6-13-7-9-17(22-13)14-4-2-3-5-15(14)18/h2-11H,1H3/b8-6+. The monoisotopic (exact) mass is 312 g/mol. The van der Waals surface area contributed by atoms with Gasteiger partial charge >= 0.3 is 0 Å². The van der Waals surface area contributed by atoms with E-state index in [1.54, 1.807) is 36.1 Å². The van der Waals surface area contributed by atoms with Gasteiger partial charge in [-0.25, -0.2) is 0 Å². The zero-order valence-electron chi connectivity index (χ0n) is 11.9. The number of benzene rings is 1. The number of carbonyl (C=O) groups is 1. The first-order valence-corrected chi connectivity index (χ1v) is 7.07. The van der Waals surface area contributed by atoms with Crippen molar-refractivity contribution in [2.24, 2.45) is 7.05 Å². The zero-order chi connectivity index (χ0) is 15.5. The Morgan fingerprint density at radius 2 is 2.09 bits per heavy atom. The second-order valence-electron chi connectivity index (χ2n) is 4.78. The van der Waals surface area contributed by atoms with Crippen molar-refractivity contribution in [3.8, 4) is 11.3 Å². The number of furan rings is 1. The van der Waals surface area contributed by atoms with Gasteiger partial charge < -0.3 is 4.42 Å². The van der Waals surface area contributed by atoms with Gasteiger partial charge in [-0.2, -0.15) is 5.10 Å². The number of carbonyl (C=O) groups excluding carboxylic acids is 1. The van der Waals surface area contributed by atoms with E-state index in [0.29, 0.717) is 22.1 Å². The molecule has 0 spiro atoms. The van der Waals surface area contributed by atoms with Crippen LogP contribution in [0.1, 0.15) is 16.1 Å². The quantitative estimate of drug-likeness (QED) is 0.535. The van der Waals surface area contributed by atoms with Crippen molar-refractivity contribution >= 4 is 23.5 Å². The van der Waals surface area contributed by atoms with Gasteiger partial charge in [-0.05, 0) is 36.4 Å². The van der Waals surface area contributed by atoms with E-state index in [-0.39, 0.29) is 5.78 Å². The van der Waals surface area contributed by atoms with E-state index in [2.05, 4.69) is 5.10 Å². The van der Waals surface area contributed by atoms with Gasteiger partial charge in [0, 0.05) is 18.8 Å². The molecule has 0 bridgehead atoms. The first-order chi connectivity index (χ1) is 10.6. The van der Waals surface area contributed by atoms with Crippen LogP contribution in [0.4, 0.5) is 0 Å². The molecule has 0 aliphatic heterocycles. The van der Waals surface area contributed by atoms with Crippen LogP contribution < -0.4 is 0 Å². The SMILES string of the molecule is Cn1cc(C(=O)/C=C/c2ccc(-c3ccccc3Cl)o2)cn1. The highest BCUT2D eigenvalue weighted by Crippen LogP contribution is 2.29. The third-order valence-electron chi connectivity index (χ3n) is 3.15. The third-order valence-corrected chi connectivity index (χ3v) is 3.48. The van der Waals surface area contributed by atoms with Crippen molar-refractivity contribution in [2.75, 3.05) is 0 Å². The molecule has 0 N–H and O–H groups in total. The minimum Gasteiger partial charge on any atom is -0.457 e. The lowest BCUT2D eigenvalue weighted by atomic mass is 10.2. The van der Waals surface area contributed by atoms with Gasteiger partial charge in [0.05, 0.1) is 16.8 Å². The Balaban J connectivity index is 1.79. The zero-order valence-corrected chi connectivity index (χ0v) is 12.6. The smallest absolute Gasteiger partial charge is 0.189 e. The summed E-state index contributed by atoms with van der Waals surface area (Å²) < 4.78 is 7.28. The molecule has 0 saturated carbocycles. The van der Waals surface area contributed by atoms with E-state index in [9.17, 15) is 4.79 Å². The van der Waals surface area contributed by atoms with Crippen molar-refractivity contribution in [1.82, 2.24) is 9.78 Å². The van der Waals surface area contributed by atoms with Gasteiger partial charge in [-0.3, -0.25) is 9.48 Å². The molecule has 0 radical (unpaired) electrons. The molecular formula is C17H13ClN2O2. The molecule has 3 aromatic rings. The van der Waals surface area contributed by atoms with Crippen LogP contribution in [-0.2, 0) is 7.05 Å². The fourth-order valence-electron chi connectivity index (χ4n) is 2.05. The summed E-state index contributed by atoms with van der Waals surface area (Å²) in [6.07, 6.45) is 6.30. The summed E-state index contributed by atoms with van der Waals surface area (Å²) in [5.74, 6) is 1.13. The van der Waals surface area contributed by atoms with Gasteiger partial charge in [0.2, 0.25) is 0 Å². The first kappa shape index (κ1) is 14.4. The number of hydrogen-bond donors (Lipinski definition) is 0. The molecule has 0 amide bonds. The molecule has 22 heavy (non-hydrogen) atoms. The summed E-state index contributed by atoms with van der Waals surface area (Å²) in [7, 11) is 1.77. The predicted octanol–water partition coefficient (Wildman–Crippen LogP) is 4.23. The van der Waals surface area contributed by atoms with E-state index in [0.717, 1.165) is 5.56 Å². The lowest BCUT2D eigenvalue weighted by Gasteiger charge is -1.98. The molecule has 5 heteroatoms. The predicted molar refractivity (Wildman–Crippen MR) is 85.7 cm³/mol. The van der Waals surface area contributed by atoms with Gasteiger partial charge in [0.1, 0.15) is 11.5 Å². The fourth-order valence-corrected chi connectivity index (χ4v) is 2.28. The fraction of sp³-hybridized carbons (Fsp3) is 0.0588. The minimum atomic E-state index is -0.121. The number of allylic oxidation sites excluding steroid dienone is 1. The van der Waals surface area contributed by atoms with Gasteiger partial charge in [-0.15, -0.1) is 0 Å². The largest absolute Gasteiger partial charge is 0.457 e. The van der Waals surface area contributed by atoms with E-state index in [1.807, 2.05) is 24.3 Å². The molecule has 0 aliphatic rings. The molecule has 0 fully saturated rings. The molecule has 1 aromatic carbocycles. The van der Waals surface area contributed by atoms with Crippen LogP contribution in [0.5, 0.6) is 0 Å². The molecule has 2 heterocycles. The second kappa shape index (κ2) is 6.03. The van der Waals surface area contributed by atoms with Crippen LogP contribution in [0.3, 0.4) is 0 Å². The molecule has 110 valence electrons. The number of hydrogen-bond acceptors (Lipinski definition) is 3. The Morgan fingerprint density at radius 1 is 1.27 bits per heavy atom. The number of aromatic nitrogens is 2. The maximum Gasteiger partial charge on any atom is 0.189 e. The van der Waals surface area contributed by atoms with Crippen LogP contribution in [-0.4, -0.2) is 15.6 Å². The molecule has 2 aromatic heterocycles. The molecule has 0 unspecified atom stereocenters. The summed E-state index contributed by atoms with van der Waals surface area (Å²) in [5.41, 5.74) is 1.36. The lowest BCUT2D eigenvalue weighted by Crippen LogP contribution is -1.91. The van der Waals surface area contributed by atoms with Crippen LogP contribution in [0.2, 0.25) is 5.02 Å². The molecule has 4 nitrogen and oxygen atoms in total. The molecular weight excluding hydrogens is 300 g/mol. The van der Waals surface area contributed by atoms with E-state index in [1.165, 1.54) is 12.3 Å². The molecule has 0 saturated heterocycles. The number of rotatable bonds is 4. The number of ketones is 1. The Labute approximate surface area is 132 Å². The summed E-state index contributed by atoms with van der Waals surface area (Å²) in [4.78, 5) is 12.0. The normalized spacial score (nSPS) is 11.2. The maximum absolute atomic E-state index is 12.0. The van der Waals surface area contributed by atoms with Gasteiger partial charge in [-0.1, -0.05) is 23.7 Å². The molecule has 0 aliphatic carbocycles. The highest BCUT2D eigenvalue weighted by Gasteiger charge is 2.08. The number of aryl methyl sites for hydroxylation is 1. The van der Waals surface area contributed by atoms with Crippen LogP contribution >= 0.6 is 11.6 Å². The Bertz CT molecular complexity index is 846. The summed E-state index contributed by atoms with van der Waals surface area (Å²) in [6, 6.07) is 11.1. The minimum absolute atomic E-state index is 0.121. The van der Waals surface area contributed by atoms with E-state index < -0.39 is 0 Å². The molecule has 3 rings (SSSR count). The van der Waals surface area contributed by atoms with Crippen molar-refractivity contribution in [2.45, 2.75) is 0 Å². The highest BCUT2D eigenvalue weighted by molar-refractivity contribution is 6.33. The number of halogens is 1. The van der Waals surface area contributed by atoms with Crippen molar-refractivity contribution < 1.29 is 9.21 Å². The lowest BCUT2D eigenvalue weighted by molar-refractivity contribution is 0.104. The van der Waals surface area contributed by atoms with Crippen LogP contribution in [0, 0.1) is 0 Å². The summed E-state index contributed by atoms with van der Waals surface area (Å²) in [5, 5.41) is 4.59. The number of nitrogens with zero attached hydrogens (tertiary/aromatic N) is 2. The highest BCUT2D eigenvalue weighted by atomic mass is 35.5. The average Bonchev–Trinajstić information content (AvgIpc) is 3.14. The van der Waals surface area contributed by atoms with Crippen molar-refractivity contribution in [3.63, 3.8) is 0 Å². The van der Waals surface area contributed by atoms with Gasteiger partial charge in [0.25, 0.3) is 0 Å². The van der Waals surface area contributed by atoms with Crippen LogP contribution in [0.15, 0.2) is 59.3 Å².